The van der Waals surface area contributed by atoms with Crippen molar-refractivity contribution < 1.29 is 14.3 Å². The Morgan fingerprint density at radius 1 is 1.29 bits per heavy atom. The van der Waals surface area contributed by atoms with Crippen LogP contribution in [0.5, 0.6) is 11.5 Å². The minimum Gasteiger partial charge on any atom is -0.493 e. The van der Waals surface area contributed by atoms with Gasteiger partial charge in [0, 0.05) is 24.7 Å². The molecule has 1 aromatic carbocycles. The van der Waals surface area contributed by atoms with Crippen molar-refractivity contribution in [2.24, 2.45) is 0 Å². The van der Waals surface area contributed by atoms with Gasteiger partial charge in [0.05, 0.1) is 14.2 Å². The van der Waals surface area contributed by atoms with Gasteiger partial charge in [-0.05, 0) is 38.6 Å². The second-order valence-electron chi connectivity index (χ2n) is 5.06. The van der Waals surface area contributed by atoms with E-state index in [-0.39, 0.29) is 5.91 Å². The second kappa shape index (κ2) is 8.52. The van der Waals surface area contributed by atoms with E-state index in [2.05, 4.69) is 31.1 Å². The molecule has 0 aliphatic rings. The van der Waals surface area contributed by atoms with Crippen molar-refractivity contribution in [3.05, 3.63) is 23.8 Å². The zero-order valence-corrected chi connectivity index (χ0v) is 13.6. The summed E-state index contributed by atoms with van der Waals surface area (Å²) in [5, 5.41) is 2.92. The Kier molecular flexibility index (Phi) is 7.02. The zero-order chi connectivity index (χ0) is 15.8. The molecule has 0 aliphatic heterocycles. The molecule has 1 rings (SSSR count). The first-order chi connectivity index (χ1) is 10.0. The quantitative estimate of drug-likeness (QED) is 0.798. The molecule has 1 atom stereocenters. The fraction of sp³-hybridized carbons (Fsp3) is 0.562. The van der Waals surface area contributed by atoms with Gasteiger partial charge in [-0.3, -0.25) is 4.79 Å². The summed E-state index contributed by atoms with van der Waals surface area (Å²) in [4.78, 5) is 14.3. The molecule has 0 saturated carbocycles. The summed E-state index contributed by atoms with van der Waals surface area (Å²) >= 11 is 0. The molecule has 21 heavy (non-hydrogen) atoms. The third-order valence-corrected chi connectivity index (χ3v) is 3.74. The van der Waals surface area contributed by atoms with Gasteiger partial charge in [-0.1, -0.05) is 6.92 Å². The van der Waals surface area contributed by atoms with E-state index in [4.69, 9.17) is 9.47 Å². The lowest BCUT2D eigenvalue weighted by Gasteiger charge is -2.23. The molecule has 1 aromatic rings. The van der Waals surface area contributed by atoms with Gasteiger partial charge in [-0.25, -0.2) is 0 Å². The third-order valence-electron chi connectivity index (χ3n) is 3.74. The average Bonchev–Trinajstić information content (AvgIpc) is 2.52. The van der Waals surface area contributed by atoms with Crippen LogP contribution in [-0.2, 0) is 0 Å². The summed E-state index contributed by atoms with van der Waals surface area (Å²) in [6.07, 6.45) is 1.10. The van der Waals surface area contributed by atoms with E-state index in [1.807, 2.05) is 0 Å². The van der Waals surface area contributed by atoms with Crippen LogP contribution in [0.1, 0.15) is 30.6 Å². The van der Waals surface area contributed by atoms with Crippen molar-refractivity contribution in [3.63, 3.8) is 0 Å². The standard InChI is InChI=1S/C16H26N2O3/c1-6-12(2)18(3)10-9-17-16(19)13-7-8-14(20-4)15(11-13)21-5/h7-8,11-12H,6,9-10H2,1-5H3,(H,17,19)/t12-/m0/s1. The number of hydrogen-bond acceptors (Lipinski definition) is 4. The highest BCUT2D eigenvalue weighted by atomic mass is 16.5. The Morgan fingerprint density at radius 3 is 2.52 bits per heavy atom. The van der Waals surface area contributed by atoms with Crippen LogP contribution in [0.4, 0.5) is 0 Å². The first-order valence-electron chi connectivity index (χ1n) is 7.23. The molecule has 0 heterocycles. The van der Waals surface area contributed by atoms with Gasteiger partial charge < -0.3 is 19.7 Å². The first kappa shape index (κ1) is 17.3. The molecule has 118 valence electrons. The fourth-order valence-corrected chi connectivity index (χ4v) is 1.96. The van der Waals surface area contributed by atoms with Gasteiger partial charge in [0.25, 0.3) is 5.91 Å². The van der Waals surface area contributed by atoms with Gasteiger partial charge in [-0.2, -0.15) is 0 Å². The number of nitrogens with zero attached hydrogens (tertiary/aromatic N) is 1. The minimum absolute atomic E-state index is 0.103. The number of ether oxygens (including phenoxy) is 2. The Balaban J connectivity index is 2.56. The van der Waals surface area contributed by atoms with Crippen LogP contribution >= 0.6 is 0 Å². The van der Waals surface area contributed by atoms with E-state index in [1.54, 1.807) is 32.4 Å². The second-order valence-corrected chi connectivity index (χ2v) is 5.06. The van der Waals surface area contributed by atoms with Crippen molar-refractivity contribution in [1.29, 1.82) is 0 Å². The van der Waals surface area contributed by atoms with E-state index in [0.29, 0.717) is 29.6 Å². The SMILES string of the molecule is CC[C@H](C)N(C)CCNC(=O)c1ccc(OC)c(OC)c1. The first-order valence-corrected chi connectivity index (χ1v) is 7.23. The van der Waals surface area contributed by atoms with Crippen LogP contribution in [0.25, 0.3) is 0 Å². The lowest BCUT2D eigenvalue weighted by Crippen LogP contribution is -2.37. The Bertz CT molecular complexity index is 463. The highest BCUT2D eigenvalue weighted by Gasteiger charge is 2.11. The molecule has 1 amide bonds. The van der Waals surface area contributed by atoms with Crippen LogP contribution in [0.3, 0.4) is 0 Å². The Hall–Kier alpha value is -1.75. The van der Waals surface area contributed by atoms with E-state index in [1.165, 1.54) is 0 Å². The smallest absolute Gasteiger partial charge is 0.251 e. The number of likely N-dealkylation sites (N-methyl/N-ethyl adjacent to an activating group) is 1. The summed E-state index contributed by atoms with van der Waals surface area (Å²) in [5.41, 5.74) is 0.568. The molecule has 0 fully saturated rings. The van der Waals surface area contributed by atoms with E-state index >= 15 is 0 Å². The molecule has 0 radical (unpaired) electrons. The molecular weight excluding hydrogens is 268 g/mol. The van der Waals surface area contributed by atoms with E-state index in [9.17, 15) is 4.79 Å². The van der Waals surface area contributed by atoms with Gasteiger partial charge in [0.15, 0.2) is 11.5 Å². The molecule has 5 nitrogen and oxygen atoms in total. The average molecular weight is 294 g/mol. The summed E-state index contributed by atoms with van der Waals surface area (Å²) in [7, 11) is 5.19. The topological polar surface area (TPSA) is 50.8 Å². The maximum absolute atomic E-state index is 12.1. The molecule has 0 bridgehead atoms. The number of benzene rings is 1. The molecule has 5 heteroatoms. The van der Waals surface area contributed by atoms with Crippen LogP contribution in [-0.4, -0.2) is 51.2 Å². The number of hydrogen-bond donors (Lipinski definition) is 1. The van der Waals surface area contributed by atoms with Gasteiger partial charge >= 0.3 is 0 Å². The van der Waals surface area contributed by atoms with Crippen molar-refractivity contribution in [1.82, 2.24) is 10.2 Å². The fourth-order valence-electron chi connectivity index (χ4n) is 1.96. The predicted molar refractivity (Wildman–Crippen MR) is 84.3 cm³/mol. The highest BCUT2D eigenvalue weighted by Crippen LogP contribution is 2.27. The Labute approximate surface area is 127 Å². The maximum Gasteiger partial charge on any atom is 0.251 e. The zero-order valence-electron chi connectivity index (χ0n) is 13.6. The van der Waals surface area contributed by atoms with Crippen molar-refractivity contribution >= 4 is 5.91 Å². The predicted octanol–water partition coefficient (Wildman–Crippen LogP) is 2.16. The van der Waals surface area contributed by atoms with Crippen LogP contribution < -0.4 is 14.8 Å². The maximum atomic E-state index is 12.1. The molecule has 0 saturated heterocycles. The number of rotatable bonds is 8. The summed E-state index contributed by atoms with van der Waals surface area (Å²) in [5.74, 6) is 1.07. The number of methoxy groups -OCH3 is 2. The third kappa shape index (κ3) is 4.93. The highest BCUT2D eigenvalue weighted by molar-refractivity contribution is 5.94. The van der Waals surface area contributed by atoms with Crippen LogP contribution in [0, 0.1) is 0 Å². The van der Waals surface area contributed by atoms with Crippen molar-refractivity contribution in [3.8, 4) is 11.5 Å². The molecule has 0 spiro atoms. The summed E-state index contributed by atoms with van der Waals surface area (Å²) in [6, 6.07) is 5.67. The molecule has 0 unspecified atom stereocenters. The van der Waals surface area contributed by atoms with Crippen molar-refractivity contribution in [2.75, 3.05) is 34.4 Å². The normalized spacial score (nSPS) is 12.1. The number of carbonyl (C=O) groups excluding carboxylic acids is 1. The largest absolute Gasteiger partial charge is 0.493 e. The molecular formula is C16H26N2O3. The minimum atomic E-state index is -0.103. The number of carbonyl (C=O) groups is 1. The van der Waals surface area contributed by atoms with Gasteiger partial charge in [0.1, 0.15) is 0 Å². The van der Waals surface area contributed by atoms with E-state index < -0.39 is 0 Å². The summed E-state index contributed by atoms with van der Waals surface area (Å²) < 4.78 is 10.4. The van der Waals surface area contributed by atoms with E-state index in [0.717, 1.165) is 13.0 Å². The lowest BCUT2D eigenvalue weighted by atomic mass is 10.2. The van der Waals surface area contributed by atoms with Crippen molar-refractivity contribution in [2.45, 2.75) is 26.3 Å². The molecule has 1 N–H and O–H groups in total. The van der Waals surface area contributed by atoms with Crippen LogP contribution in [0.15, 0.2) is 18.2 Å². The summed E-state index contributed by atoms with van der Waals surface area (Å²) in [6.45, 7) is 5.78. The molecule has 0 aliphatic carbocycles. The molecule has 0 aromatic heterocycles. The Morgan fingerprint density at radius 2 is 1.95 bits per heavy atom. The lowest BCUT2D eigenvalue weighted by molar-refractivity contribution is 0.0947. The van der Waals surface area contributed by atoms with Crippen LogP contribution in [0.2, 0.25) is 0 Å². The van der Waals surface area contributed by atoms with Gasteiger partial charge in [0.2, 0.25) is 0 Å². The monoisotopic (exact) mass is 294 g/mol. The number of nitrogens with one attached hydrogen (secondary N) is 1. The number of amides is 1. The van der Waals surface area contributed by atoms with Gasteiger partial charge in [-0.15, -0.1) is 0 Å².